The highest BCUT2D eigenvalue weighted by Gasteiger charge is 2.28. The van der Waals surface area contributed by atoms with E-state index in [0.717, 1.165) is 45.9 Å². The van der Waals surface area contributed by atoms with E-state index in [0.29, 0.717) is 18.0 Å². The Balaban J connectivity index is 1.44. The highest BCUT2D eigenvalue weighted by Crippen LogP contribution is 2.23. The van der Waals surface area contributed by atoms with Crippen LogP contribution in [0.5, 0.6) is 0 Å². The summed E-state index contributed by atoms with van der Waals surface area (Å²) in [5, 5.41) is 3.64. The number of ether oxygens (including phenoxy) is 1. The molecule has 1 aromatic heterocycles. The third-order valence-corrected chi connectivity index (χ3v) is 4.65. The van der Waals surface area contributed by atoms with Gasteiger partial charge in [-0.2, -0.15) is 0 Å². The zero-order valence-electron chi connectivity index (χ0n) is 13.3. The molecule has 0 spiro atoms. The lowest BCUT2D eigenvalue weighted by Crippen LogP contribution is -2.47. The number of hydrogen-bond donors (Lipinski definition) is 3. The summed E-state index contributed by atoms with van der Waals surface area (Å²) in [6, 6.07) is 5.03. The summed E-state index contributed by atoms with van der Waals surface area (Å²) in [7, 11) is 0. The number of hydrogen-bond acceptors (Lipinski definition) is 6. The van der Waals surface area contributed by atoms with Crippen LogP contribution in [0.3, 0.4) is 0 Å². The summed E-state index contributed by atoms with van der Waals surface area (Å²) in [5.74, 6) is 0.543. The van der Waals surface area contributed by atoms with E-state index < -0.39 is 0 Å². The molecule has 1 aromatic rings. The monoisotopic (exact) mass is 305 g/mol. The van der Waals surface area contributed by atoms with Crippen LogP contribution in [0.4, 0.5) is 0 Å². The highest BCUT2D eigenvalue weighted by molar-refractivity contribution is 5.16. The van der Waals surface area contributed by atoms with Crippen LogP contribution in [-0.4, -0.2) is 61.9 Å². The van der Waals surface area contributed by atoms with Crippen molar-refractivity contribution in [3.05, 3.63) is 30.1 Å². The van der Waals surface area contributed by atoms with Gasteiger partial charge in [-0.25, -0.2) is 5.43 Å². The SMILES string of the molecule is CC(CNCC1CNNC1c1cccnc1)N1CCOCC1. The van der Waals surface area contributed by atoms with Crippen molar-refractivity contribution in [2.75, 3.05) is 45.9 Å². The van der Waals surface area contributed by atoms with Gasteiger partial charge in [-0.15, -0.1) is 0 Å². The molecule has 3 atom stereocenters. The second-order valence-electron chi connectivity index (χ2n) is 6.20. The number of pyridine rings is 1. The molecule has 3 heterocycles. The minimum absolute atomic E-state index is 0.333. The molecule has 3 unspecified atom stereocenters. The molecule has 0 aromatic carbocycles. The van der Waals surface area contributed by atoms with Gasteiger partial charge in [-0.3, -0.25) is 15.3 Å². The Bertz CT molecular complexity index is 437. The minimum atomic E-state index is 0.333. The maximum Gasteiger partial charge on any atom is 0.0594 e. The van der Waals surface area contributed by atoms with Crippen LogP contribution in [0.1, 0.15) is 18.5 Å². The van der Waals surface area contributed by atoms with E-state index >= 15 is 0 Å². The Morgan fingerprint density at radius 1 is 1.45 bits per heavy atom. The standard InChI is InChI=1S/C16H27N5O/c1-13(21-5-7-22-8-6-21)9-18-11-15-12-19-20-16(15)14-3-2-4-17-10-14/h2-4,10,13,15-16,18-20H,5-9,11-12H2,1H3. The second-order valence-corrected chi connectivity index (χ2v) is 6.20. The van der Waals surface area contributed by atoms with E-state index in [9.17, 15) is 0 Å². The number of hydrazine groups is 1. The molecule has 0 aliphatic carbocycles. The molecule has 2 saturated heterocycles. The van der Waals surface area contributed by atoms with Gasteiger partial charge in [0.1, 0.15) is 0 Å². The number of nitrogens with one attached hydrogen (secondary N) is 3. The van der Waals surface area contributed by atoms with Crippen molar-refractivity contribution in [3.8, 4) is 0 Å². The Morgan fingerprint density at radius 2 is 2.32 bits per heavy atom. The van der Waals surface area contributed by atoms with Gasteiger partial charge < -0.3 is 10.1 Å². The Morgan fingerprint density at radius 3 is 3.09 bits per heavy atom. The van der Waals surface area contributed by atoms with Crippen molar-refractivity contribution in [2.45, 2.75) is 19.0 Å². The van der Waals surface area contributed by atoms with Crippen LogP contribution in [0.2, 0.25) is 0 Å². The summed E-state index contributed by atoms with van der Waals surface area (Å²) in [5.41, 5.74) is 7.90. The van der Waals surface area contributed by atoms with E-state index in [1.165, 1.54) is 5.56 Å². The molecule has 0 amide bonds. The first-order valence-corrected chi connectivity index (χ1v) is 8.25. The van der Waals surface area contributed by atoms with Crippen molar-refractivity contribution in [1.82, 2.24) is 26.1 Å². The Labute approximate surface area is 132 Å². The van der Waals surface area contributed by atoms with Crippen molar-refractivity contribution in [2.24, 2.45) is 5.92 Å². The first-order valence-electron chi connectivity index (χ1n) is 8.25. The number of morpholine rings is 1. The predicted molar refractivity (Wildman–Crippen MR) is 86.3 cm³/mol. The molecule has 0 radical (unpaired) electrons. The molecule has 22 heavy (non-hydrogen) atoms. The molecule has 0 saturated carbocycles. The lowest BCUT2D eigenvalue weighted by molar-refractivity contribution is 0.0202. The number of rotatable bonds is 6. The van der Waals surface area contributed by atoms with E-state index in [-0.39, 0.29) is 0 Å². The molecular weight excluding hydrogens is 278 g/mol. The van der Waals surface area contributed by atoms with Gasteiger partial charge >= 0.3 is 0 Å². The lowest BCUT2D eigenvalue weighted by Gasteiger charge is -2.32. The molecule has 3 N–H and O–H groups in total. The second kappa shape index (κ2) is 7.99. The molecule has 6 nitrogen and oxygen atoms in total. The van der Waals surface area contributed by atoms with Crippen molar-refractivity contribution >= 4 is 0 Å². The van der Waals surface area contributed by atoms with E-state index in [2.05, 4.69) is 39.0 Å². The maximum absolute atomic E-state index is 5.41. The predicted octanol–water partition coefficient (Wildman–Crippen LogP) is 0.157. The third kappa shape index (κ3) is 4.02. The summed E-state index contributed by atoms with van der Waals surface area (Å²) in [4.78, 5) is 6.73. The van der Waals surface area contributed by atoms with Gasteiger partial charge in [0.2, 0.25) is 0 Å². The summed E-state index contributed by atoms with van der Waals surface area (Å²) in [6.45, 7) is 9.14. The van der Waals surface area contributed by atoms with Crippen molar-refractivity contribution in [1.29, 1.82) is 0 Å². The Kier molecular flexibility index (Phi) is 5.75. The zero-order valence-corrected chi connectivity index (χ0v) is 13.3. The van der Waals surface area contributed by atoms with E-state index in [1.54, 1.807) is 0 Å². The Hall–Kier alpha value is -1.05. The van der Waals surface area contributed by atoms with Crippen LogP contribution in [0.15, 0.2) is 24.5 Å². The fourth-order valence-corrected chi connectivity index (χ4v) is 3.27. The molecule has 2 aliphatic rings. The molecule has 0 bridgehead atoms. The van der Waals surface area contributed by atoms with Gasteiger partial charge in [0.15, 0.2) is 0 Å². The third-order valence-electron chi connectivity index (χ3n) is 4.65. The number of aromatic nitrogens is 1. The van der Waals surface area contributed by atoms with Gasteiger partial charge in [0, 0.05) is 57.1 Å². The summed E-state index contributed by atoms with van der Waals surface area (Å²) in [6.07, 6.45) is 3.77. The quantitative estimate of drug-likeness (QED) is 0.696. The smallest absolute Gasteiger partial charge is 0.0594 e. The summed E-state index contributed by atoms with van der Waals surface area (Å²) < 4.78 is 5.41. The van der Waals surface area contributed by atoms with Crippen LogP contribution in [-0.2, 0) is 4.74 Å². The normalized spacial score (nSPS) is 27.9. The molecule has 2 fully saturated rings. The largest absolute Gasteiger partial charge is 0.379 e. The topological polar surface area (TPSA) is 61.5 Å². The summed E-state index contributed by atoms with van der Waals surface area (Å²) >= 11 is 0. The average Bonchev–Trinajstić information content (AvgIpc) is 3.05. The first kappa shape index (κ1) is 15.8. The van der Waals surface area contributed by atoms with Crippen LogP contribution < -0.4 is 16.2 Å². The molecular formula is C16H27N5O. The first-order chi connectivity index (χ1) is 10.8. The van der Waals surface area contributed by atoms with E-state index in [4.69, 9.17) is 4.74 Å². The van der Waals surface area contributed by atoms with Gasteiger partial charge in [-0.05, 0) is 18.6 Å². The van der Waals surface area contributed by atoms with E-state index in [1.807, 2.05) is 18.5 Å². The molecule has 122 valence electrons. The fourth-order valence-electron chi connectivity index (χ4n) is 3.27. The van der Waals surface area contributed by atoms with Crippen LogP contribution in [0.25, 0.3) is 0 Å². The van der Waals surface area contributed by atoms with Gasteiger partial charge in [0.25, 0.3) is 0 Å². The van der Waals surface area contributed by atoms with Crippen LogP contribution in [0, 0.1) is 5.92 Å². The van der Waals surface area contributed by atoms with Crippen molar-refractivity contribution < 1.29 is 4.74 Å². The van der Waals surface area contributed by atoms with Crippen molar-refractivity contribution in [3.63, 3.8) is 0 Å². The van der Waals surface area contributed by atoms with Crippen LogP contribution >= 0.6 is 0 Å². The van der Waals surface area contributed by atoms with Gasteiger partial charge in [0.05, 0.1) is 19.3 Å². The lowest BCUT2D eigenvalue weighted by atomic mass is 9.96. The highest BCUT2D eigenvalue weighted by atomic mass is 16.5. The minimum Gasteiger partial charge on any atom is -0.379 e. The zero-order chi connectivity index (χ0) is 15.2. The average molecular weight is 305 g/mol. The maximum atomic E-state index is 5.41. The molecule has 2 aliphatic heterocycles. The fraction of sp³-hybridized carbons (Fsp3) is 0.688. The van der Waals surface area contributed by atoms with Gasteiger partial charge in [-0.1, -0.05) is 6.07 Å². The number of nitrogens with zero attached hydrogens (tertiary/aromatic N) is 2. The molecule has 3 rings (SSSR count). The molecule has 6 heteroatoms.